The van der Waals surface area contributed by atoms with Crippen LogP contribution < -0.4 is 10.6 Å². The maximum atomic E-state index is 12.5. The van der Waals surface area contributed by atoms with Crippen LogP contribution in [0.25, 0.3) is 0 Å². The molecule has 2 atom stereocenters. The molecule has 0 bridgehead atoms. The minimum absolute atomic E-state index is 0.0838. The summed E-state index contributed by atoms with van der Waals surface area (Å²) in [5.41, 5.74) is 0. The van der Waals surface area contributed by atoms with E-state index in [-0.39, 0.29) is 24.9 Å². The fourth-order valence-corrected chi connectivity index (χ4v) is 5.14. The summed E-state index contributed by atoms with van der Waals surface area (Å²) < 4.78 is 0. The topological polar surface area (TPSA) is 105 Å². The van der Waals surface area contributed by atoms with Gasteiger partial charge in [0.15, 0.2) is 0 Å². The van der Waals surface area contributed by atoms with Crippen molar-refractivity contribution < 1.29 is 19.8 Å². The molecule has 2 amide bonds. The lowest BCUT2D eigenvalue weighted by atomic mass is 10.1. The molecule has 0 saturated heterocycles. The Balaban J connectivity index is 4.17. The highest BCUT2D eigenvalue weighted by atomic mass is 16.3. The van der Waals surface area contributed by atoms with Crippen LogP contribution in [0.5, 0.6) is 0 Å². The molecule has 0 aromatic rings. The van der Waals surface area contributed by atoms with Crippen molar-refractivity contribution >= 4 is 11.8 Å². The van der Waals surface area contributed by atoms with Gasteiger partial charge in [0.1, 0.15) is 12.2 Å². The van der Waals surface area contributed by atoms with E-state index in [1.54, 1.807) is 4.90 Å². The number of nitrogens with zero attached hydrogens (tertiary/aromatic N) is 2. The summed E-state index contributed by atoms with van der Waals surface area (Å²) in [6.07, 6.45) is 22.3. The third-order valence-corrected chi connectivity index (χ3v) is 7.99. The lowest BCUT2D eigenvalue weighted by Crippen LogP contribution is -2.49. The standard InChI is InChI=1S/C34H70N4O4/c1-5-7-9-11-13-15-17-19-21-23-25-35-33(41)31(39)29-38(28-27-37(3)4)30-32(40)34(42)36-26-24-22-20-18-16-14-12-10-8-6-2/h31-32,39-40H,5-30H2,1-4H3,(H,35,41)(H,36,42). The third kappa shape index (κ3) is 26.4. The molecule has 0 heterocycles. The molecule has 0 aromatic carbocycles. The molecule has 8 heteroatoms. The quantitative estimate of drug-likeness (QED) is 0.0770. The average Bonchev–Trinajstić information content (AvgIpc) is 2.96. The number of nitrogens with one attached hydrogen (secondary N) is 2. The van der Waals surface area contributed by atoms with Gasteiger partial charge < -0.3 is 25.7 Å². The highest BCUT2D eigenvalue weighted by molar-refractivity contribution is 5.81. The van der Waals surface area contributed by atoms with Gasteiger partial charge in [-0.15, -0.1) is 0 Å². The second-order valence-electron chi connectivity index (χ2n) is 12.5. The van der Waals surface area contributed by atoms with Crippen molar-refractivity contribution in [3.63, 3.8) is 0 Å². The molecule has 0 radical (unpaired) electrons. The molecule has 42 heavy (non-hydrogen) atoms. The number of hydrogen-bond acceptors (Lipinski definition) is 6. The Hall–Kier alpha value is -1.22. The van der Waals surface area contributed by atoms with Crippen LogP contribution in [0.1, 0.15) is 142 Å². The van der Waals surface area contributed by atoms with Crippen LogP contribution in [-0.2, 0) is 9.59 Å². The first-order valence-corrected chi connectivity index (χ1v) is 17.6. The number of rotatable bonds is 31. The van der Waals surface area contributed by atoms with Crippen LogP contribution in [-0.4, -0.2) is 97.4 Å². The fourth-order valence-electron chi connectivity index (χ4n) is 5.14. The summed E-state index contributed by atoms with van der Waals surface area (Å²) in [5, 5.41) is 26.8. The van der Waals surface area contributed by atoms with E-state index in [4.69, 9.17) is 0 Å². The third-order valence-electron chi connectivity index (χ3n) is 7.99. The second-order valence-corrected chi connectivity index (χ2v) is 12.5. The molecule has 0 spiro atoms. The SMILES string of the molecule is CCCCCCCCCCCCNC(=O)C(O)CN(CCN(C)C)CC(O)C(=O)NCCCCCCCCCCCC. The number of carbonyl (C=O) groups is 2. The van der Waals surface area contributed by atoms with E-state index in [1.165, 1.54) is 103 Å². The highest BCUT2D eigenvalue weighted by Gasteiger charge is 2.23. The van der Waals surface area contributed by atoms with Crippen molar-refractivity contribution in [2.45, 2.75) is 154 Å². The molecular formula is C34H70N4O4. The van der Waals surface area contributed by atoms with Gasteiger partial charge in [0.05, 0.1) is 0 Å². The van der Waals surface area contributed by atoms with Crippen molar-refractivity contribution in [2.24, 2.45) is 0 Å². The lowest BCUT2D eigenvalue weighted by Gasteiger charge is -2.27. The Bertz CT molecular complexity index is 574. The normalized spacial score (nSPS) is 13.0. The van der Waals surface area contributed by atoms with Gasteiger partial charge in [-0.2, -0.15) is 0 Å². The van der Waals surface area contributed by atoms with E-state index in [0.717, 1.165) is 25.7 Å². The smallest absolute Gasteiger partial charge is 0.250 e. The first-order chi connectivity index (χ1) is 20.3. The number of carbonyl (C=O) groups excluding carboxylic acids is 2. The second kappa shape index (κ2) is 29.8. The van der Waals surface area contributed by atoms with Gasteiger partial charge in [-0.25, -0.2) is 0 Å². The number of aliphatic hydroxyl groups is 2. The zero-order valence-corrected chi connectivity index (χ0v) is 28.1. The summed E-state index contributed by atoms with van der Waals surface area (Å²) in [4.78, 5) is 28.8. The molecule has 4 N–H and O–H groups in total. The molecule has 0 aliphatic heterocycles. The van der Waals surface area contributed by atoms with Crippen LogP contribution in [0, 0.1) is 0 Å². The summed E-state index contributed by atoms with van der Waals surface area (Å²) in [6, 6.07) is 0. The Labute approximate surface area is 259 Å². The van der Waals surface area contributed by atoms with Crippen LogP contribution >= 0.6 is 0 Å². The van der Waals surface area contributed by atoms with Crippen LogP contribution in [0.4, 0.5) is 0 Å². The van der Waals surface area contributed by atoms with Gasteiger partial charge in [-0.3, -0.25) is 14.5 Å². The van der Waals surface area contributed by atoms with Gasteiger partial charge in [0.25, 0.3) is 0 Å². The lowest BCUT2D eigenvalue weighted by molar-refractivity contribution is -0.132. The van der Waals surface area contributed by atoms with Gasteiger partial charge >= 0.3 is 0 Å². The predicted octanol–water partition coefficient (Wildman–Crippen LogP) is 5.65. The summed E-state index contributed by atoms with van der Waals surface area (Å²) in [5.74, 6) is -0.777. The number of likely N-dealkylation sites (N-methyl/N-ethyl adjacent to an activating group) is 1. The number of unbranched alkanes of at least 4 members (excludes halogenated alkanes) is 18. The van der Waals surface area contributed by atoms with E-state index in [0.29, 0.717) is 26.2 Å². The van der Waals surface area contributed by atoms with E-state index in [1.807, 2.05) is 19.0 Å². The average molecular weight is 599 g/mol. The molecule has 250 valence electrons. The Morgan fingerprint density at radius 2 is 0.833 bits per heavy atom. The van der Waals surface area contributed by atoms with Crippen molar-refractivity contribution in [3.8, 4) is 0 Å². The van der Waals surface area contributed by atoms with Crippen LogP contribution in [0.15, 0.2) is 0 Å². The molecule has 8 nitrogen and oxygen atoms in total. The van der Waals surface area contributed by atoms with Gasteiger partial charge in [0.2, 0.25) is 11.8 Å². The molecule has 0 aliphatic carbocycles. The van der Waals surface area contributed by atoms with Crippen LogP contribution in [0.2, 0.25) is 0 Å². The number of aliphatic hydroxyl groups excluding tert-OH is 2. The van der Waals surface area contributed by atoms with Crippen LogP contribution in [0.3, 0.4) is 0 Å². The van der Waals surface area contributed by atoms with Crippen molar-refractivity contribution in [1.82, 2.24) is 20.4 Å². The monoisotopic (exact) mass is 599 g/mol. The fraction of sp³-hybridized carbons (Fsp3) is 0.941. The van der Waals surface area contributed by atoms with E-state index < -0.39 is 12.2 Å². The Morgan fingerprint density at radius 1 is 0.524 bits per heavy atom. The maximum absolute atomic E-state index is 12.5. The zero-order valence-electron chi connectivity index (χ0n) is 28.1. The zero-order chi connectivity index (χ0) is 31.3. The maximum Gasteiger partial charge on any atom is 0.250 e. The van der Waals surface area contributed by atoms with E-state index in [2.05, 4.69) is 24.5 Å². The molecule has 0 rings (SSSR count). The van der Waals surface area contributed by atoms with E-state index >= 15 is 0 Å². The van der Waals surface area contributed by atoms with Gasteiger partial charge in [-0.05, 0) is 26.9 Å². The largest absolute Gasteiger partial charge is 0.382 e. The molecule has 0 aromatic heterocycles. The van der Waals surface area contributed by atoms with Crippen molar-refractivity contribution in [3.05, 3.63) is 0 Å². The summed E-state index contributed by atoms with van der Waals surface area (Å²) in [6.45, 7) is 7.01. The van der Waals surface area contributed by atoms with Crippen molar-refractivity contribution in [2.75, 3.05) is 53.4 Å². The predicted molar refractivity (Wildman–Crippen MR) is 177 cm³/mol. The van der Waals surface area contributed by atoms with Gasteiger partial charge in [-0.1, -0.05) is 129 Å². The molecular weight excluding hydrogens is 528 g/mol. The minimum atomic E-state index is -1.20. The molecule has 0 aliphatic rings. The number of hydrogen-bond donors (Lipinski definition) is 4. The van der Waals surface area contributed by atoms with E-state index in [9.17, 15) is 19.8 Å². The van der Waals surface area contributed by atoms with Crippen molar-refractivity contribution in [1.29, 1.82) is 0 Å². The van der Waals surface area contributed by atoms with Gasteiger partial charge in [0, 0.05) is 39.3 Å². The summed E-state index contributed by atoms with van der Waals surface area (Å²) >= 11 is 0. The summed E-state index contributed by atoms with van der Waals surface area (Å²) in [7, 11) is 3.90. The Kier molecular flexibility index (Phi) is 29.0. The Morgan fingerprint density at radius 3 is 1.14 bits per heavy atom. The minimum Gasteiger partial charge on any atom is -0.382 e. The first-order valence-electron chi connectivity index (χ1n) is 17.6. The molecule has 0 fully saturated rings. The highest BCUT2D eigenvalue weighted by Crippen LogP contribution is 2.11. The molecule has 2 unspecified atom stereocenters. The number of amides is 2. The first kappa shape index (κ1) is 40.8. The molecule has 0 saturated carbocycles.